The van der Waals surface area contributed by atoms with Crippen LogP contribution in [0.1, 0.15) is 72.3 Å². The number of aromatic hydroxyl groups is 1. The van der Waals surface area contributed by atoms with Crippen molar-refractivity contribution in [3.8, 4) is 11.6 Å². The van der Waals surface area contributed by atoms with E-state index in [1.54, 1.807) is 20.0 Å². The number of piperidine rings is 1. The maximum Gasteiger partial charge on any atom is 0.342 e. The Kier molecular flexibility index (Phi) is 6.70. The van der Waals surface area contributed by atoms with Gasteiger partial charge in [0.25, 0.3) is 0 Å². The van der Waals surface area contributed by atoms with Crippen LogP contribution in [0.3, 0.4) is 0 Å². The van der Waals surface area contributed by atoms with E-state index in [0.29, 0.717) is 51.6 Å². The maximum atomic E-state index is 13.3. The summed E-state index contributed by atoms with van der Waals surface area (Å²) in [6, 6.07) is 11.3. The number of benzene rings is 2. The number of hydrogen-bond donors (Lipinski definition) is 1. The summed E-state index contributed by atoms with van der Waals surface area (Å²) in [5, 5.41) is 14.0. The molecule has 198 valence electrons. The largest absolute Gasteiger partial charge is 0.507 e. The third kappa shape index (κ3) is 4.49. The molecule has 7 nitrogen and oxygen atoms in total. The van der Waals surface area contributed by atoms with E-state index in [-0.39, 0.29) is 18.4 Å². The molecular weight excluding hydrogens is 480 g/mol. The second kappa shape index (κ2) is 10.3. The van der Waals surface area contributed by atoms with Gasteiger partial charge in [-0.2, -0.15) is 0 Å². The van der Waals surface area contributed by atoms with Gasteiger partial charge in [0.2, 0.25) is 5.88 Å². The zero-order valence-corrected chi connectivity index (χ0v) is 22.0. The first-order valence-corrected chi connectivity index (χ1v) is 13.7. The molecule has 4 aromatic rings. The summed E-state index contributed by atoms with van der Waals surface area (Å²) in [7, 11) is 0. The van der Waals surface area contributed by atoms with Gasteiger partial charge < -0.3 is 19.0 Å². The van der Waals surface area contributed by atoms with Gasteiger partial charge >= 0.3 is 5.97 Å². The van der Waals surface area contributed by atoms with Gasteiger partial charge in [-0.15, -0.1) is 0 Å². The van der Waals surface area contributed by atoms with Crippen molar-refractivity contribution >= 4 is 27.7 Å². The quantitative estimate of drug-likeness (QED) is 0.267. The van der Waals surface area contributed by atoms with Gasteiger partial charge in [-0.25, -0.2) is 9.78 Å². The summed E-state index contributed by atoms with van der Waals surface area (Å²) in [5.74, 6) is 1.40. The van der Waals surface area contributed by atoms with E-state index in [0.717, 1.165) is 36.9 Å². The lowest BCUT2D eigenvalue weighted by Crippen LogP contribution is -2.34. The molecule has 2 aromatic heterocycles. The smallest absolute Gasteiger partial charge is 0.342 e. The van der Waals surface area contributed by atoms with Crippen LogP contribution in [0.5, 0.6) is 11.6 Å². The fourth-order valence-electron chi connectivity index (χ4n) is 5.76. The van der Waals surface area contributed by atoms with Gasteiger partial charge in [0.1, 0.15) is 22.7 Å². The van der Waals surface area contributed by atoms with E-state index in [9.17, 15) is 9.90 Å². The van der Waals surface area contributed by atoms with Gasteiger partial charge in [0.15, 0.2) is 0 Å². The molecule has 1 saturated carbocycles. The molecule has 3 heterocycles. The van der Waals surface area contributed by atoms with E-state index < -0.39 is 5.97 Å². The number of ether oxygens (including phenoxy) is 2. The molecule has 38 heavy (non-hydrogen) atoms. The fourth-order valence-corrected chi connectivity index (χ4v) is 5.76. The molecule has 2 aliphatic rings. The van der Waals surface area contributed by atoms with Crippen LogP contribution in [0.4, 0.5) is 0 Å². The van der Waals surface area contributed by atoms with Gasteiger partial charge in [0, 0.05) is 34.0 Å². The molecule has 0 bridgehead atoms. The summed E-state index contributed by atoms with van der Waals surface area (Å²) in [4.78, 5) is 20.1. The highest BCUT2D eigenvalue weighted by molar-refractivity contribution is 6.16. The predicted octanol–water partition coefficient (Wildman–Crippen LogP) is 6.54. The monoisotopic (exact) mass is 514 g/mol. The van der Waals surface area contributed by atoms with Crippen molar-refractivity contribution in [1.29, 1.82) is 0 Å². The SMILES string of the molecule is CCOC(=O)c1c(C)oc2c1c(C(c1ccnc(OCC3CC3)c1)N1CCCCC1)c(O)c1ccccc12. The van der Waals surface area contributed by atoms with Crippen LogP contribution in [0.25, 0.3) is 21.7 Å². The number of aromatic nitrogens is 1. The number of carbonyl (C=O) groups is 1. The zero-order chi connectivity index (χ0) is 26.2. The molecule has 2 fully saturated rings. The van der Waals surface area contributed by atoms with E-state index in [1.165, 1.54) is 19.3 Å². The van der Waals surface area contributed by atoms with Crippen molar-refractivity contribution in [3.63, 3.8) is 0 Å². The van der Waals surface area contributed by atoms with Crippen molar-refractivity contribution < 1.29 is 23.8 Å². The van der Waals surface area contributed by atoms with E-state index in [2.05, 4.69) is 9.88 Å². The molecule has 6 rings (SSSR count). The molecule has 0 radical (unpaired) electrons. The topological polar surface area (TPSA) is 85.0 Å². The Hall–Kier alpha value is -3.58. The predicted molar refractivity (Wildman–Crippen MR) is 146 cm³/mol. The highest BCUT2D eigenvalue weighted by atomic mass is 16.5. The Bertz CT molecular complexity index is 1480. The summed E-state index contributed by atoms with van der Waals surface area (Å²) < 4.78 is 17.8. The molecule has 1 saturated heterocycles. The number of fused-ring (bicyclic) bond motifs is 3. The Balaban J connectivity index is 1.61. The molecule has 7 heteroatoms. The Morgan fingerprint density at radius 1 is 1.16 bits per heavy atom. The highest BCUT2D eigenvalue weighted by Gasteiger charge is 2.34. The standard InChI is InChI=1S/C31H34N2O5/c1-3-36-31(35)25-19(2)38-30-23-10-6-5-9-22(23)29(34)27(26(25)30)28(33-15-7-4-8-16-33)21-13-14-32-24(17-21)37-18-20-11-12-20/h5-6,9-10,13-14,17,20,28,34H,3-4,7-8,11-12,15-16,18H2,1-2H3. The third-order valence-corrected chi connectivity index (χ3v) is 7.78. The second-order valence-electron chi connectivity index (χ2n) is 10.4. The van der Waals surface area contributed by atoms with Crippen LogP contribution >= 0.6 is 0 Å². The first-order valence-electron chi connectivity index (χ1n) is 13.7. The number of furan rings is 1. The number of hydrogen-bond acceptors (Lipinski definition) is 7. The lowest BCUT2D eigenvalue weighted by molar-refractivity contribution is 0.0526. The minimum Gasteiger partial charge on any atom is -0.507 e. The van der Waals surface area contributed by atoms with E-state index in [1.807, 2.05) is 36.4 Å². The van der Waals surface area contributed by atoms with Crippen LogP contribution in [0, 0.1) is 12.8 Å². The fraction of sp³-hybridized carbons (Fsp3) is 0.419. The number of pyridine rings is 1. The number of rotatable bonds is 8. The molecule has 2 aromatic carbocycles. The van der Waals surface area contributed by atoms with Gasteiger partial charge in [-0.3, -0.25) is 4.90 Å². The average molecular weight is 515 g/mol. The van der Waals surface area contributed by atoms with Crippen LogP contribution in [-0.2, 0) is 4.74 Å². The zero-order valence-electron chi connectivity index (χ0n) is 22.0. The van der Waals surface area contributed by atoms with Crippen LogP contribution in [-0.4, -0.2) is 47.3 Å². The summed E-state index contributed by atoms with van der Waals surface area (Å²) in [5.41, 5.74) is 2.60. The van der Waals surface area contributed by atoms with Crippen molar-refractivity contribution in [2.75, 3.05) is 26.3 Å². The average Bonchev–Trinajstić information content (AvgIpc) is 3.71. The van der Waals surface area contributed by atoms with Crippen molar-refractivity contribution in [2.24, 2.45) is 5.92 Å². The molecule has 0 amide bonds. The summed E-state index contributed by atoms with van der Waals surface area (Å²) in [6.07, 6.45) is 7.49. The van der Waals surface area contributed by atoms with Crippen molar-refractivity contribution in [2.45, 2.75) is 52.0 Å². The van der Waals surface area contributed by atoms with E-state index >= 15 is 0 Å². The maximum absolute atomic E-state index is 13.3. The van der Waals surface area contributed by atoms with Gasteiger partial charge in [0.05, 0.1) is 19.3 Å². The third-order valence-electron chi connectivity index (χ3n) is 7.78. The molecule has 1 unspecified atom stereocenters. The molecule has 1 aliphatic heterocycles. The van der Waals surface area contributed by atoms with E-state index in [4.69, 9.17) is 13.9 Å². The molecule has 1 atom stereocenters. The second-order valence-corrected chi connectivity index (χ2v) is 10.4. The summed E-state index contributed by atoms with van der Waals surface area (Å²) in [6.45, 7) is 6.26. The lowest BCUT2D eigenvalue weighted by Gasteiger charge is -2.36. The van der Waals surface area contributed by atoms with Crippen molar-refractivity contribution in [3.05, 3.63) is 65.0 Å². The molecule has 1 aliphatic carbocycles. The number of nitrogens with zero attached hydrogens (tertiary/aromatic N) is 2. The van der Waals surface area contributed by atoms with Gasteiger partial charge in [-0.1, -0.05) is 30.7 Å². The summed E-state index contributed by atoms with van der Waals surface area (Å²) >= 11 is 0. The number of phenols is 1. The minimum absolute atomic E-state index is 0.160. The van der Waals surface area contributed by atoms with Crippen LogP contribution in [0.2, 0.25) is 0 Å². The lowest BCUT2D eigenvalue weighted by atomic mass is 9.88. The molecular formula is C31H34N2O5. The minimum atomic E-state index is -0.444. The first-order chi connectivity index (χ1) is 18.6. The molecule has 0 spiro atoms. The first kappa shape index (κ1) is 24.7. The van der Waals surface area contributed by atoms with Crippen LogP contribution in [0.15, 0.2) is 47.0 Å². The number of esters is 1. The Morgan fingerprint density at radius 3 is 2.66 bits per heavy atom. The number of phenolic OH excluding ortho intramolecular Hbond substituents is 1. The van der Waals surface area contributed by atoms with Crippen LogP contribution < -0.4 is 4.74 Å². The Morgan fingerprint density at radius 2 is 1.92 bits per heavy atom. The van der Waals surface area contributed by atoms with Gasteiger partial charge in [-0.05, 0) is 70.2 Å². The number of likely N-dealkylation sites (tertiary alicyclic amines) is 1. The normalized spacial score (nSPS) is 17.1. The van der Waals surface area contributed by atoms with Crippen molar-refractivity contribution in [1.82, 2.24) is 9.88 Å². The highest BCUT2D eigenvalue weighted by Crippen LogP contribution is 2.48. The number of aryl methyl sites for hydroxylation is 1. The Labute approximate surface area is 222 Å². The molecule has 1 N–H and O–H groups in total. The number of carbonyl (C=O) groups excluding carboxylic acids is 1.